The van der Waals surface area contributed by atoms with Crippen molar-refractivity contribution in [2.24, 2.45) is 7.05 Å². The number of carboxylic acid groups (broad SMARTS) is 1. The van der Waals surface area contributed by atoms with E-state index in [-0.39, 0.29) is 13.0 Å². The standard InChI is InChI=1S/C29H33N5O5S/c1-5-33-12-13-34(40(37,38)27-9-7-6-8-25(27)33)18-22-14-20(11-10-19(22)2)23(17-28(35)36)21-15-24-29(26(16-21)39-4)32(3)31-30-24/h6-11,14-16,23H,5,12-13,17-18H2,1-4H3,(H,35,36). The maximum atomic E-state index is 13.8. The molecular formula is C29H33N5O5S. The lowest BCUT2D eigenvalue weighted by Gasteiger charge is -2.23. The van der Waals surface area contributed by atoms with Crippen molar-refractivity contribution in [3.05, 3.63) is 76.9 Å². The van der Waals surface area contributed by atoms with Crippen molar-refractivity contribution >= 4 is 32.7 Å². The Kier molecular flexibility index (Phi) is 7.52. The van der Waals surface area contributed by atoms with E-state index in [1.165, 1.54) is 4.31 Å². The van der Waals surface area contributed by atoms with E-state index in [1.807, 2.05) is 56.3 Å². The second-order valence-electron chi connectivity index (χ2n) is 10.0. The Morgan fingerprint density at radius 2 is 1.88 bits per heavy atom. The molecule has 0 aliphatic carbocycles. The molecule has 210 valence electrons. The molecule has 0 radical (unpaired) electrons. The number of benzene rings is 3. The van der Waals surface area contributed by atoms with Gasteiger partial charge in [-0.25, -0.2) is 13.1 Å². The van der Waals surface area contributed by atoms with Crippen molar-refractivity contribution in [3.8, 4) is 5.75 Å². The number of carbonyl (C=O) groups is 1. The summed E-state index contributed by atoms with van der Waals surface area (Å²) in [4.78, 5) is 14.4. The number of para-hydroxylation sites is 1. The zero-order chi connectivity index (χ0) is 28.6. The van der Waals surface area contributed by atoms with Gasteiger partial charge >= 0.3 is 5.97 Å². The summed E-state index contributed by atoms with van der Waals surface area (Å²) in [5.74, 6) is -0.900. The van der Waals surface area contributed by atoms with E-state index in [0.29, 0.717) is 41.5 Å². The molecule has 0 saturated carbocycles. The van der Waals surface area contributed by atoms with E-state index < -0.39 is 21.9 Å². The Labute approximate surface area is 233 Å². The van der Waals surface area contributed by atoms with E-state index in [2.05, 4.69) is 15.2 Å². The topological polar surface area (TPSA) is 118 Å². The van der Waals surface area contributed by atoms with Crippen LogP contribution >= 0.6 is 0 Å². The van der Waals surface area contributed by atoms with Crippen LogP contribution in [0.3, 0.4) is 0 Å². The Hall–Kier alpha value is -3.96. The van der Waals surface area contributed by atoms with Crippen LogP contribution in [-0.4, -0.2) is 65.5 Å². The average Bonchev–Trinajstić information content (AvgIpc) is 3.27. The van der Waals surface area contributed by atoms with E-state index in [9.17, 15) is 18.3 Å². The molecule has 0 fully saturated rings. The number of nitrogens with zero attached hydrogens (tertiary/aromatic N) is 5. The number of aliphatic carboxylic acids is 1. The molecule has 2 heterocycles. The quantitative estimate of drug-likeness (QED) is 0.343. The highest BCUT2D eigenvalue weighted by atomic mass is 32.2. The lowest BCUT2D eigenvalue weighted by Crippen LogP contribution is -2.34. The predicted molar refractivity (Wildman–Crippen MR) is 152 cm³/mol. The largest absolute Gasteiger partial charge is 0.494 e. The van der Waals surface area contributed by atoms with Gasteiger partial charge in [0.15, 0.2) is 0 Å². The minimum absolute atomic E-state index is 0.154. The van der Waals surface area contributed by atoms with Crippen LogP contribution in [0.5, 0.6) is 5.75 Å². The number of likely N-dealkylation sites (N-methyl/N-ethyl adjacent to an activating group) is 1. The minimum Gasteiger partial charge on any atom is -0.494 e. The zero-order valence-electron chi connectivity index (χ0n) is 23.0. The first kappa shape index (κ1) is 27.6. The molecule has 0 amide bonds. The van der Waals surface area contributed by atoms with Crippen LogP contribution in [-0.2, 0) is 28.4 Å². The van der Waals surface area contributed by atoms with Crippen molar-refractivity contribution in [1.29, 1.82) is 0 Å². The third-order valence-corrected chi connectivity index (χ3v) is 9.53. The second-order valence-corrected chi connectivity index (χ2v) is 11.9. The first-order valence-electron chi connectivity index (χ1n) is 13.2. The summed E-state index contributed by atoms with van der Waals surface area (Å²) in [7, 11) is -0.421. The van der Waals surface area contributed by atoms with Gasteiger partial charge in [0.1, 0.15) is 21.7 Å². The van der Waals surface area contributed by atoms with Crippen molar-refractivity contribution in [2.45, 2.75) is 37.6 Å². The Bertz CT molecular complexity index is 1680. The molecule has 4 aromatic rings. The van der Waals surface area contributed by atoms with Gasteiger partial charge in [0.05, 0.1) is 19.2 Å². The van der Waals surface area contributed by atoms with Crippen molar-refractivity contribution < 1.29 is 23.1 Å². The number of hydrogen-bond acceptors (Lipinski definition) is 7. The highest BCUT2D eigenvalue weighted by molar-refractivity contribution is 7.89. The molecule has 1 N–H and O–H groups in total. The highest BCUT2D eigenvalue weighted by Gasteiger charge is 2.32. The molecule has 10 nitrogen and oxygen atoms in total. The van der Waals surface area contributed by atoms with Gasteiger partial charge in [0.25, 0.3) is 0 Å². The fraction of sp³-hybridized carbons (Fsp3) is 0.345. The van der Waals surface area contributed by atoms with Gasteiger partial charge in [0, 0.05) is 39.1 Å². The number of sulfonamides is 1. The van der Waals surface area contributed by atoms with E-state index in [1.54, 1.807) is 31.0 Å². The lowest BCUT2D eigenvalue weighted by molar-refractivity contribution is -0.137. The van der Waals surface area contributed by atoms with Crippen molar-refractivity contribution in [2.75, 3.05) is 31.6 Å². The molecule has 0 bridgehead atoms. The van der Waals surface area contributed by atoms with Gasteiger partial charge in [-0.2, -0.15) is 4.31 Å². The molecule has 1 aliphatic heterocycles. The number of carboxylic acids is 1. The summed E-state index contributed by atoms with van der Waals surface area (Å²) >= 11 is 0. The third-order valence-electron chi connectivity index (χ3n) is 7.64. The number of rotatable bonds is 8. The molecule has 40 heavy (non-hydrogen) atoms. The van der Waals surface area contributed by atoms with Crippen molar-refractivity contribution in [3.63, 3.8) is 0 Å². The second kappa shape index (κ2) is 10.9. The SMILES string of the molecule is CCN1CCN(Cc2cc(C(CC(=O)O)c3cc(OC)c4c(c3)nnn4C)ccc2C)S(=O)(=O)c2ccccc21. The molecule has 5 rings (SSSR count). The summed E-state index contributed by atoms with van der Waals surface area (Å²) in [6.45, 7) is 5.75. The predicted octanol–water partition coefficient (Wildman–Crippen LogP) is 3.92. The Balaban J connectivity index is 1.55. The van der Waals surface area contributed by atoms with E-state index in [0.717, 1.165) is 27.8 Å². The average molecular weight is 564 g/mol. The molecular weight excluding hydrogens is 530 g/mol. The van der Waals surface area contributed by atoms with Gasteiger partial charge in [0.2, 0.25) is 10.0 Å². The van der Waals surface area contributed by atoms with Gasteiger partial charge in [-0.1, -0.05) is 35.5 Å². The highest BCUT2D eigenvalue weighted by Crippen LogP contribution is 2.36. The molecule has 0 spiro atoms. The number of methoxy groups -OCH3 is 1. The molecule has 11 heteroatoms. The fourth-order valence-corrected chi connectivity index (χ4v) is 7.07. The molecule has 1 aliphatic rings. The smallest absolute Gasteiger partial charge is 0.304 e. The van der Waals surface area contributed by atoms with E-state index >= 15 is 0 Å². The summed E-state index contributed by atoms with van der Waals surface area (Å²) in [6, 6.07) is 16.5. The Morgan fingerprint density at radius 1 is 1.10 bits per heavy atom. The first-order chi connectivity index (χ1) is 19.1. The molecule has 1 unspecified atom stereocenters. The van der Waals surface area contributed by atoms with Crippen LogP contribution in [0, 0.1) is 6.92 Å². The lowest BCUT2D eigenvalue weighted by atomic mass is 9.86. The number of anilines is 1. The van der Waals surface area contributed by atoms with Crippen LogP contribution in [0.2, 0.25) is 0 Å². The summed E-state index contributed by atoms with van der Waals surface area (Å²) in [5, 5.41) is 18.1. The number of aryl methyl sites for hydroxylation is 2. The molecule has 0 saturated heterocycles. The van der Waals surface area contributed by atoms with Crippen molar-refractivity contribution in [1.82, 2.24) is 19.3 Å². The van der Waals surface area contributed by atoms with Gasteiger partial charge in [-0.05, 0) is 60.4 Å². The molecule has 3 aromatic carbocycles. The van der Waals surface area contributed by atoms with Crippen LogP contribution in [0.1, 0.15) is 41.5 Å². The minimum atomic E-state index is -3.75. The van der Waals surface area contributed by atoms with Crippen LogP contribution in [0.4, 0.5) is 5.69 Å². The monoisotopic (exact) mass is 563 g/mol. The summed E-state index contributed by atoms with van der Waals surface area (Å²) in [6.07, 6.45) is -0.154. The fourth-order valence-electron chi connectivity index (χ4n) is 5.44. The van der Waals surface area contributed by atoms with Gasteiger partial charge in [-0.15, -0.1) is 5.10 Å². The summed E-state index contributed by atoms with van der Waals surface area (Å²) < 4.78 is 36.3. The van der Waals surface area contributed by atoms with Crippen LogP contribution < -0.4 is 9.64 Å². The number of ether oxygens (including phenoxy) is 1. The van der Waals surface area contributed by atoms with Crippen LogP contribution in [0.25, 0.3) is 11.0 Å². The first-order valence-corrected chi connectivity index (χ1v) is 14.6. The Morgan fingerprint density at radius 3 is 2.60 bits per heavy atom. The summed E-state index contributed by atoms with van der Waals surface area (Å²) in [5.41, 5.74) is 5.30. The normalized spacial score (nSPS) is 15.9. The van der Waals surface area contributed by atoms with Gasteiger partial charge in [-0.3, -0.25) is 4.79 Å². The zero-order valence-corrected chi connectivity index (χ0v) is 23.9. The molecule has 1 aromatic heterocycles. The maximum absolute atomic E-state index is 13.8. The number of hydrogen-bond donors (Lipinski definition) is 1. The van der Waals surface area contributed by atoms with Crippen LogP contribution in [0.15, 0.2) is 59.5 Å². The number of fused-ring (bicyclic) bond motifs is 2. The maximum Gasteiger partial charge on any atom is 0.304 e. The van der Waals surface area contributed by atoms with E-state index in [4.69, 9.17) is 4.74 Å². The number of aromatic nitrogens is 3. The third kappa shape index (κ3) is 5.02. The molecule has 1 atom stereocenters. The van der Waals surface area contributed by atoms with Gasteiger partial charge < -0.3 is 14.7 Å².